The Hall–Kier alpha value is -1.06. The van der Waals surface area contributed by atoms with E-state index in [1.807, 2.05) is 0 Å². The van der Waals surface area contributed by atoms with Crippen LogP contribution in [-0.4, -0.2) is 26.2 Å². The van der Waals surface area contributed by atoms with Gasteiger partial charge in [-0.25, -0.2) is 0 Å². The number of methoxy groups -OCH3 is 2. The third-order valence-electron chi connectivity index (χ3n) is 3.89. The number of rotatable bonds is 2. The summed E-state index contributed by atoms with van der Waals surface area (Å²) in [5, 5.41) is 0. The number of esters is 2. The Morgan fingerprint density at radius 3 is 2.33 bits per heavy atom. The largest absolute Gasteiger partial charge is 0.469 e. The Labute approximate surface area is 88.9 Å². The first-order valence-electron chi connectivity index (χ1n) is 5.34. The number of hydrogen-bond acceptors (Lipinski definition) is 4. The van der Waals surface area contributed by atoms with E-state index >= 15 is 0 Å². The van der Waals surface area contributed by atoms with Gasteiger partial charge in [0.25, 0.3) is 0 Å². The van der Waals surface area contributed by atoms with Gasteiger partial charge in [0.2, 0.25) is 0 Å². The van der Waals surface area contributed by atoms with Crippen molar-refractivity contribution in [1.29, 1.82) is 0 Å². The van der Waals surface area contributed by atoms with Crippen LogP contribution >= 0.6 is 0 Å². The topological polar surface area (TPSA) is 52.6 Å². The Kier molecular flexibility index (Phi) is 2.67. The summed E-state index contributed by atoms with van der Waals surface area (Å²) in [5.74, 6) is -0.0107. The maximum absolute atomic E-state index is 11.6. The first-order chi connectivity index (χ1) is 7.19. The Bertz CT molecular complexity index is 286. The van der Waals surface area contributed by atoms with Gasteiger partial charge in [-0.2, -0.15) is 0 Å². The molecule has 2 fully saturated rings. The average molecular weight is 212 g/mol. The molecule has 0 aromatic heterocycles. The van der Waals surface area contributed by atoms with Crippen LogP contribution in [0.15, 0.2) is 0 Å². The SMILES string of the molecule is COC(=O)C1CC2CCC1C2C(=O)OC. The van der Waals surface area contributed by atoms with Gasteiger partial charge < -0.3 is 9.47 Å². The van der Waals surface area contributed by atoms with E-state index in [1.165, 1.54) is 14.2 Å². The van der Waals surface area contributed by atoms with Crippen molar-refractivity contribution in [2.75, 3.05) is 14.2 Å². The van der Waals surface area contributed by atoms with Crippen LogP contribution in [0.1, 0.15) is 19.3 Å². The lowest BCUT2D eigenvalue weighted by Crippen LogP contribution is -2.26. The van der Waals surface area contributed by atoms with Crippen LogP contribution in [0.2, 0.25) is 0 Å². The zero-order chi connectivity index (χ0) is 11.0. The summed E-state index contributed by atoms with van der Waals surface area (Å²) >= 11 is 0. The zero-order valence-electron chi connectivity index (χ0n) is 9.06. The molecule has 2 aliphatic carbocycles. The van der Waals surface area contributed by atoms with Crippen LogP contribution in [0.5, 0.6) is 0 Å². The summed E-state index contributed by atoms with van der Waals surface area (Å²) in [6, 6.07) is 0. The second-order valence-corrected chi connectivity index (χ2v) is 4.42. The van der Waals surface area contributed by atoms with Crippen LogP contribution in [0.4, 0.5) is 0 Å². The van der Waals surface area contributed by atoms with Gasteiger partial charge in [0.05, 0.1) is 26.1 Å². The van der Waals surface area contributed by atoms with E-state index in [2.05, 4.69) is 0 Å². The van der Waals surface area contributed by atoms with Gasteiger partial charge >= 0.3 is 11.9 Å². The lowest BCUT2D eigenvalue weighted by atomic mass is 9.88. The Morgan fingerprint density at radius 2 is 1.73 bits per heavy atom. The third-order valence-corrected chi connectivity index (χ3v) is 3.89. The predicted molar refractivity (Wildman–Crippen MR) is 51.8 cm³/mol. The number of hydrogen-bond donors (Lipinski definition) is 0. The van der Waals surface area contributed by atoms with E-state index < -0.39 is 0 Å². The maximum atomic E-state index is 11.6. The molecule has 0 spiro atoms. The molecule has 2 rings (SSSR count). The fraction of sp³-hybridized carbons (Fsp3) is 0.818. The summed E-state index contributed by atoms with van der Waals surface area (Å²) in [4.78, 5) is 23.0. The molecule has 2 saturated carbocycles. The summed E-state index contributed by atoms with van der Waals surface area (Å²) in [5.41, 5.74) is 0. The second-order valence-electron chi connectivity index (χ2n) is 4.42. The number of carbonyl (C=O) groups excluding carboxylic acids is 2. The minimum Gasteiger partial charge on any atom is -0.469 e. The Morgan fingerprint density at radius 1 is 1.07 bits per heavy atom. The zero-order valence-corrected chi connectivity index (χ0v) is 9.06. The molecular formula is C11H16O4. The highest BCUT2D eigenvalue weighted by Crippen LogP contribution is 2.53. The van der Waals surface area contributed by atoms with Gasteiger partial charge in [-0.1, -0.05) is 0 Å². The lowest BCUT2D eigenvalue weighted by molar-refractivity contribution is -0.149. The lowest BCUT2D eigenvalue weighted by Gasteiger charge is -2.18. The second kappa shape index (κ2) is 3.83. The molecule has 4 atom stereocenters. The molecule has 0 aromatic rings. The van der Waals surface area contributed by atoms with Crippen molar-refractivity contribution >= 4 is 11.9 Å². The van der Waals surface area contributed by atoms with Gasteiger partial charge in [0, 0.05) is 0 Å². The molecule has 4 nitrogen and oxygen atoms in total. The fourth-order valence-electron chi connectivity index (χ4n) is 3.26. The summed E-state index contributed by atoms with van der Waals surface area (Å²) in [6.07, 6.45) is 2.78. The fourth-order valence-corrected chi connectivity index (χ4v) is 3.26. The van der Waals surface area contributed by atoms with Crippen molar-refractivity contribution < 1.29 is 19.1 Å². The number of ether oxygens (including phenoxy) is 2. The van der Waals surface area contributed by atoms with Crippen molar-refractivity contribution in [3.05, 3.63) is 0 Å². The van der Waals surface area contributed by atoms with Gasteiger partial charge in [-0.15, -0.1) is 0 Å². The standard InChI is InChI=1S/C11H16O4/c1-14-10(12)8-5-6-3-4-7(8)9(6)11(13)15-2/h6-9H,3-5H2,1-2H3. The smallest absolute Gasteiger partial charge is 0.309 e. The van der Waals surface area contributed by atoms with Crippen molar-refractivity contribution in [3.63, 3.8) is 0 Å². The molecular weight excluding hydrogens is 196 g/mol. The van der Waals surface area contributed by atoms with Gasteiger partial charge in [-0.05, 0) is 31.1 Å². The van der Waals surface area contributed by atoms with Crippen molar-refractivity contribution in [2.45, 2.75) is 19.3 Å². The van der Waals surface area contributed by atoms with E-state index in [0.29, 0.717) is 5.92 Å². The molecule has 2 aliphatic rings. The van der Waals surface area contributed by atoms with Crippen LogP contribution in [0, 0.1) is 23.7 Å². The van der Waals surface area contributed by atoms with Gasteiger partial charge in [0.1, 0.15) is 0 Å². The monoisotopic (exact) mass is 212 g/mol. The first kappa shape index (κ1) is 10.5. The van der Waals surface area contributed by atoms with Crippen LogP contribution in [-0.2, 0) is 19.1 Å². The maximum Gasteiger partial charge on any atom is 0.309 e. The Balaban J connectivity index is 2.12. The highest BCUT2D eigenvalue weighted by molar-refractivity contribution is 5.79. The van der Waals surface area contributed by atoms with Gasteiger partial charge in [0.15, 0.2) is 0 Å². The van der Waals surface area contributed by atoms with Crippen molar-refractivity contribution in [3.8, 4) is 0 Å². The molecule has 0 saturated heterocycles. The average Bonchev–Trinajstić information content (AvgIpc) is 2.83. The summed E-state index contributed by atoms with van der Waals surface area (Å²) < 4.78 is 9.54. The van der Waals surface area contributed by atoms with Crippen LogP contribution < -0.4 is 0 Å². The third kappa shape index (κ3) is 1.52. The van der Waals surface area contributed by atoms with Crippen LogP contribution in [0.25, 0.3) is 0 Å². The summed E-state index contributed by atoms with van der Waals surface area (Å²) in [7, 11) is 2.81. The van der Waals surface area contributed by atoms with E-state index in [1.54, 1.807) is 0 Å². The molecule has 0 aromatic carbocycles. The molecule has 0 heterocycles. The van der Waals surface area contributed by atoms with Gasteiger partial charge in [-0.3, -0.25) is 9.59 Å². The highest BCUT2D eigenvalue weighted by atomic mass is 16.5. The molecule has 4 unspecified atom stereocenters. The molecule has 15 heavy (non-hydrogen) atoms. The van der Waals surface area contributed by atoms with Crippen molar-refractivity contribution in [2.24, 2.45) is 23.7 Å². The summed E-state index contributed by atoms with van der Waals surface area (Å²) in [6.45, 7) is 0. The van der Waals surface area contributed by atoms with E-state index in [-0.39, 0.29) is 29.7 Å². The van der Waals surface area contributed by atoms with E-state index in [0.717, 1.165) is 19.3 Å². The minimum absolute atomic E-state index is 0.0703. The highest BCUT2D eigenvalue weighted by Gasteiger charge is 2.54. The number of carbonyl (C=O) groups is 2. The molecule has 84 valence electrons. The molecule has 2 bridgehead atoms. The number of fused-ring (bicyclic) bond motifs is 2. The molecule has 0 radical (unpaired) electrons. The normalized spacial score (nSPS) is 37.7. The van der Waals surface area contributed by atoms with Crippen LogP contribution in [0.3, 0.4) is 0 Å². The quantitative estimate of drug-likeness (QED) is 0.641. The molecule has 4 heteroatoms. The molecule has 0 amide bonds. The first-order valence-corrected chi connectivity index (χ1v) is 5.34. The molecule has 0 aliphatic heterocycles. The molecule has 0 N–H and O–H groups in total. The van der Waals surface area contributed by atoms with Crippen molar-refractivity contribution in [1.82, 2.24) is 0 Å². The van der Waals surface area contributed by atoms with E-state index in [9.17, 15) is 9.59 Å². The van der Waals surface area contributed by atoms with E-state index in [4.69, 9.17) is 9.47 Å². The minimum atomic E-state index is -0.170. The predicted octanol–water partition coefficient (Wildman–Crippen LogP) is 0.995.